The number of H-pyrrole nitrogens is 2. The number of pyridine rings is 2. The van der Waals surface area contributed by atoms with Gasteiger partial charge < -0.3 is 10.3 Å². The number of nitrogens with zero attached hydrogens (tertiary/aromatic N) is 4. The summed E-state index contributed by atoms with van der Waals surface area (Å²) in [7, 11) is 0. The molecule has 0 saturated heterocycles. The summed E-state index contributed by atoms with van der Waals surface area (Å²) in [6.45, 7) is 2.05. The van der Waals surface area contributed by atoms with Gasteiger partial charge in [0.05, 0.1) is 40.3 Å². The summed E-state index contributed by atoms with van der Waals surface area (Å²) < 4.78 is 14.6. The van der Waals surface area contributed by atoms with E-state index in [1.54, 1.807) is 36.8 Å². The second-order valence-electron chi connectivity index (χ2n) is 9.07. The Morgan fingerprint density at radius 3 is 2.74 bits per heavy atom. The highest BCUT2D eigenvalue weighted by Crippen LogP contribution is 2.33. The fraction of sp³-hybridized carbons (Fsp3) is 0.138. The molecule has 4 aromatic heterocycles. The summed E-state index contributed by atoms with van der Waals surface area (Å²) >= 11 is 0. The summed E-state index contributed by atoms with van der Waals surface area (Å²) in [5.74, 6) is 0.219. The number of amides is 1. The standard InChI is InChI=1S/C29H24FN7O/c1-2-3-11-26(38)33-18-12-17(14-31-15-18)24-13-21-25(16-32-24)36-37-28(21)29-34-23-10-6-8-20(27(23)35-29)19-7-4-5-9-22(19)30/h4-10,12-16H,2-3,11H2,1H3,(H,33,38)(H,34,35)(H,36,37). The first-order valence-corrected chi connectivity index (χ1v) is 12.4. The Morgan fingerprint density at radius 2 is 1.87 bits per heavy atom. The minimum Gasteiger partial charge on any atom is -0.337 e. The number of fused-ring (bicyclic) bond motifs is 2. The van der Waals surface area contributed by atoms with E-state index < -0.39 is 0 Å². The van der Waals surface area contributed by atoms with Crippen molar-refractivity contribution in [3.63, 3.8) is 0 Å². The molecular weight excluding hydrogens is 481 g/mol. The lowest BCUT2D eigenvalue weighted by Gasteiger charge is -2.07. The monoisotopic (exact) mass is 505 g/mol. The van der Waals surface area contributed by atoms with Crippen molar-refractivity contribution < 1.29 is 9.18 Å². The van der Waals surface area contributed by atoms with Crippen molar-refractivity contribution in [1.82, 2.24) is 30.1 Å². The van der Waals surface area contributed by atoms with Crippen molar-refractivity contribution in [2.45, 2.75) is 26.2 Å². The van der Waals surface area contributed by atoms with Crippen LogP contribution in [0.15, 0.2) is 73.2 Å². The van der Waals surface area contributed by atoms with E-state index >= 15 is 0 Å². The van der Waals surface area contributed by atoms with Crippen LogP contribution in [-0.2, 0) is 4.79 Å². The molecule has 3 N–H and O–H groups in total. The second-order valence-corrected chi connectivity index (χ2v) is 9.07. The molecule has 6 aromatic rings. The van der Waals surface area contributed by atoms with Crippen LogP contribution < -0.4 is 5.32 Å². The summed E-state index contributed by atoms with van der Waals surface area (Å²) in [6, 6.07) is 16.1. The lowest BCUT2D eigenvalue weighted by molar-refractivity contribution is -0.116. The Labute approximate surface area is 217 Å². The van der Waals surface area contributed by atoms with Crippen LogP contribution in [-0.4, -0.2) is 36.0 Å². The summed E-state index contributed by atoms with van der Waals surface area (Å²) in [6.07, 6.45) is 7.30. The Kier molecular flexibility index (Phi) is 6.09. The summed E-state index contributed by atoms with van der Waals surface area (Å²) in [5.41, 5.74) is 6.07. The number of hydrogen-bond acceptors (Lipinski definition) is 5. The quantitative estimate of drug-likeness (QED) is 0.229. The van der Waals surface area contributed by atoms with Crippen LogP contribution in [0.5, 0.6) is 0 Å². The molecule has 0 bridgehead atoms. The van der Waals surface area contributed by atoms with Crippen LogP contribution in [0.4, 0.5) is 10.1 Å². The molecule has 0 atom stereocenters. The molecule has 0 fully saturated rings. The normalized spacial score (nSPS) is 11.3. The third kappa shape index (κ3) is 4.39. The first kappa shape index (κ1) is 23.5. The lowest BCUT2D eigenvalue weighted by Crippen LogP contribution is -2.11. The number of para-hydroxylation sites is 1. The van der Waals surface area contributed by atoms with Gasteiger partial charge in [0.25, 0.3) is 0 Å². The van der Waals surface area contributed by atoms with Gasteiger partial charge in [-0.2, -0.15) is 5.10 Å². The van der Waals surface area contributed by atoms with Crippen molar-refractivity contribution in [2.75, 3.05) is 5.32 Å². The third-order valence-corrected chi connectivity index (χ3v) is 6.42. The minimum atomic E-state index is -0.303. The molecule has 0 aliphatic carbocycles. The Hall–Kier alpha value is -4.92. The van der Waals surface area contributed by atoms with E-state index in [1.165, 1.54) is 6.07 Å². The highest BCUT2D eigenvalue weighted by atomic mass is 19.1. The third-order valence-electron chi connectivity index (χ3n) is 6.42. The average Bonchev–Trinajstić information content (AvgIpc) is 3.56. The van der Waals surface area contributed by atoms with Gasteiger partial charge in [-0.1, -0.05) is 43.7 Å². The molecule has 9 heteroatoms. The zero-order chi connectivity index (χ0) is 26.1. The Morgan fingerprint density at radius 1 is 1.00 bits per heavy atom. The van der Waals surface area contributed by atoms with E-state index in [2.05, 4.69) is 37.4 Å². The van der Waals surface area contributed by atoms with Crippen LogP contribution in [0.1, 0.15) is 26.2 Å². The smallest absolute Gasteiger partial charge is 0.224 e. The van der Waals surface area contributed by atoms with Gasteiger partial charge in [-0.05, 0) is 30.7 Å². The van der Waals surface area contributed by atoms with E-state index in [-0.39, 0.29) is 11.7 Å². The van der Waals surface area contributed by atoms with Crippen molar-refractivity contribution in [3.8, 4) is 33.9 Å². The number of hydrogen-bond donors (Lipinski definition) is 3. The number of halogens is 1. The fourth-order valence-corrected chi connectivity index (χ4v) is 4.51. The van der Waals surface area contributed by atoms with E-state index in [0.717, 1.165) is 34.8 Å². The lowest BCUT2D eigenvalue weighted by atomic mass is 10.0. The number of rotatable bonds is 7. The van der Waals surface area contributed by atoms with E-state index in [0.29, 0.717) is 46.0 Å². The molecule has 0 radical (unpaired) electrons. The highest BCUT2D eigenvalue weighted by molar-refractivity contribution is 5.98. The van der Waals surface area contributed by atoms with Crippen LogP contribution in [0.3, 0.4) is 0 Å². The number of unbranched alkanes of at least 4 members (excludes halogenated alkanes) is 1. The molecule has 4 heterocycles. The summed E-state index contributed by atoms with van der Waals surface area (Å²) in [5, 5.41) is 11.2. The van der Waals surface area contributed by atoms with E-state index in [9.17, 15) is 9.18 Å². The molecule has 0 spiro atoms. The number of aromatic nitrogens is 6. The molecule has 8 nitrogen and oxygen atoms in total. The van der Waals surface area contributed by atoms with Crippen molar-refractivity contribution in [1.29, 1.82) is 0 Å². The second kappa shape index (κ2) is 9.85. The number of imidazole rings is 1. The van der Waals surface area contributed by atoms with Gasteiger partial charge in [-0.25, -0.2) is 9.37 Å². The van der Waals surface area contributed by atoms with E-state index in [4.69, 9.17) is 4.98 Å². The van der Waals surface area contributed by atoms with Crippen LogP contribution in [0, 0.1) is 5.82 Å². The maximum atomic E-state index is 14.6. The average molecular weight is 506 g/mol. The van der Waals surface area contributed by atoms with Gasteiger partial charge in [0.15, 0.2) is 5.82 Å². The highest BCUT2D eigenvalue weighted by Gasteiger charge is 2.17. The van der Waals surface area contributed by atoms with Gasteiger partial charge >= 0.3 is 0 Å². The molecular formula is C29H24FN7O. The molecule has 38 heavy (non-hydrogen) atoms. The van der Waals surface area contributed by atoms with Crippen molar-refractivity contribution in [2.24, 2.45) is 0 Å². The predicted molar refractivity (Wildman–Crippen MR) is 146 cm³/mol. The topological polar surface area (TPSA) is 112 Å². The van der Waals surface area contributed by atoms with Crippen LogP contribution in [0.25, 0.3) is 55.8 Å². The Balaban J connectivity index is 1.38. The predicted octanol–water partition coefficient (Wildman–Crippen LogP) is 6.50. The first-order chi connectivity index (χ1) is 18.6. The number of nitrogens with one attached hydrogen (secondary N) is 3. The SMILES string of the molecule is CCCCC(=O)Nc1cncc(-c2cc3c(-c4nc5c(-c6ccccc6F)cccc5[nH]4)n[nH]c3cn2)c1. The largest absolute Gasteiger partial charge is 0.337 e. The number of carbonyl (C=O) groups is 1. The summed E-state index contributed by atoms with van der Waals surface area (Å²) in [4.78, 5) is 29.2. The van der Waals surface area contributed by atoms with Gasteiger partial charge in [0.1, 0.15) is 11.5 Å². The number of aromatic amines is 2. The van der Waals surface area contributed by atoms with Crippen molar-refractivity contribution >= 4 is 33.5 Å². The van der Waals surface area contributed by atoms with Gasteiger partial charge in [-0.15, -0.1) is 0 Å². The molecule has 6 rings (SSSR count). The maximum absolute atomic E-state index is 14.6. The Bertz CT molecular complexity index is 1790. The van der Waals surface area contributed by atoms with Gasteiger partial charge in [-0.3, -0.25) is 19.9 Å². The molecule has 0 aliphatic rings. The first-order valence-electron chi connectivity index (χ1n) is 12.4. The molecule has 0 unspecified atom stereocenters. The van der Waals surface area contributed by atoms with Crippen LogP contribution >= 0.6 is 0 Å². The molecule has 188 valence electrons. The van der Waals surface area contributed by atoms with Gasteiger partial charge in [0, 0.05) is 34.7 Å². The number of carbonyl (C=O) groups excluding carboxylic acids is 1. The number of benzene rings is 2. The maximum Gasteiger partial charge on any atom is 0.224 e. The molecule has 0 aliphatic heterocycles. The number of anilines is 1. The zero-order valence-electron chi connectivity index (χ0n) is 20.6. The molecule has 1 amide bonds. The fourth-order valence-electron chi connectivity index (χ4n) is 4.51. The van der Waals surface area contributed by atoms with E-state index in [1.807, 2.05) is 30.3 Å². The zero-order valence-corrected chi connectivity index (χ0v) is 20.6. The van der Waals surface area contributed by atoms with Crippen LogP contribution in [0.2, 0.25) is 0 Å². The van der Waals surface area contributed by atoms with Crippen molar-refractivity contribution in [3.05, 3.63) is 79.0 Å². The van der Waals surface area contributed by atoms with Gasteiger partial charge in [0.2, 0.25) is 5.91 Å². The minimum absolute atomic E-state index is 0.0361. The molecule has 0 saturated carbocycles. The molecule has 2 aromatic carbocycles.